The van der Waals surface area contributed by atoms with Crippen LogP contribution in [0.25, 0.3) is 0 Å². The van der Waals surface area contributed by atoms with E-state index in [1.165, 1.54) is 12.3 Å². The maximum absolute atomic E-state index is 13.4. The number of aromatic nitrogens is 1. The number of benzene rings is 1. The first-order chi connectivity index (χ1) is 9.60. The highest BCUT2D eigenvalue weighted by molar-refractivity contribution is 5.95. The quantitative estimate of drug-likeness (QED) is 0.388. The van der Waals surface area contributed by atoms with Gasteiger partial charge in [-0.3, -0.25) is 4.98 Å². The summed E-state index contributed by atoms with van der Waals surface area (Å²) in [6.07, 6.45) is 1.53. The van der Waals surface area contributed by atoms with Gasteiger partial charge in [0, 0.05) is 12.3 Å². The molecule has 0 aliphatic heterocycles. The molecule has 5 nitrogen and oxygen atoms in total. The van der Waals surface area contributed by atoms with E-state index in [0.29, 0.717) is 17.0 Å². The Morgan fingerprint density at radius 3 is 2.90 bits per heavy atom. The molecule has 0 aliphatic rings. The van der Waals surface area contributed by atoms with Crippen LogP contribution in [-0.4, -0.2) is 16.0 Å². The number of hydrogen-bond acceptors (Lipinski definition) is 4. The van der Waals surface area contributed by atoms with Crippen molar-refractivity contribution in [1.29, 1.82) is 0 Å². The molecule has 0 spiro atoms. The predicted octanol–water partition coefficient (Wildman–Crippen LogP) is 2.20. The second kappa shape index (κ2) is 6.01. The number of ether oxygens (including phenoxy) is 1. The molecule has 0 bridgehead atoms. The lowest BCUT2D eigenvalue weighted by Gasteiger charge is -2.08. The Balaban J connectivity index is 2.09. The molecule has 0 unspecified atom stereocenters. The predicted molar refractivity (Wildman–Crippen MR) is 72.2 cm³/mol. The summed E-state index contributed by atoms with van der Waals surface area (Å²) in [6.45, 7) is 1.92. The van der Waals surface area contributed by atoms with Gasteiger partial charge in [-0.2, -0.15) is 0 Å². The van der Waals surface area contributed by atoms with Crippen LogP contribution in [0.15, 0.2) is 41.7 Å². The molecule has 0 saturated carbocycles. The summed E-state index contributed by atoms with van der Waals surface area (Å²) < 4.78 is 18.9. The molecular weight excluding hydrogens is 261 g/mol. The molecule has 1 aromatic carbocycles. The van der Waals surface area contributed by atoms with E-state index in [4.69, 9.17) is 15.7 Å². The van der Waals surface area contributed by atoms with Crippen LogP contribution in [-0.2, 0) is 6.61 Å². The molecule has 104 valence electrons. The van der Waals surface area contributed by atoms with Crippen LogP contribution in [0.4, 0.5) is 4.39 Å². The first-order valence-corrected chi connectivity index (χ1v) is 5.92. The molecule has 3 N–H and O–H groups in total. The third-order valence-corrected chi connectivity index (χ3v) is 2.74. The van der Waals surface area contributed by atoms with Crippen LogP contribution in [0.1, 0.15) is 16.8 Å². The van der Waals surface area contributed by atoms with Crippen molar-refractivity contribution in [3.8, 4) is 5.75 Å². The second-order valence-electron chi connectivity index (χ2n) is 4.23. The molecule has 1 heterocycles. The van der Waals surface area contributed by atoms with Gasteiger partial charge in [0.1, 0.15) is 23.9 Å². The molecule has 0 saturated heterocycles. The number of aryl methyl sites for hydroxylation is 1. The largest absolute Gasteiger partial charge is 0.489 e. The van der Waals surface area contributed by atoms with Gasteiger partial charge in [0.25, 0.3) is 0 Å². The van der Waals surface area contributed by atoms with Gasteiger partial charge in [-0.05, 0) is 36.2 Å². The molecule has 2 rings (SSSR count). The van der Waals surface area contributed by atoms with Crippen molar-refractivity contribution < 1.29 is 14.3 Å². The summed E-state index contributed by atoms with van der Waals surface area (Å²) in [6, 6.07) is 8.06. The van der Waals surface area contributed by atoms with Crippen molar-refractivity contribution in [2.45, 2.75) is 13.5 Å². The van der Waals surface area contributed by atoms with E-state index in [1.54, 1.807) is 31.2 Å². The van der Waals surface area contributed by atoms with Crippen LogP contribution >= 0.6 is 0 Å². The second-order valence-corrected chi connectivity index (χ2v) is 4.23. The van der Waals surface area contributed by atoms with Crippen LogP contribution in [0.5, 0.6) is 5.75 Å². The average Bonchev–Trinajstić information content (AvgIpc) is 2.48. The summed E-state index contributed by atoms with van der Waals surface area (Å²) in [4.78, 5) is 3.96. The minimum atomic E-state index is -0.311. The normalized spacial score (nSPS) is 11.4. The molecule has 0 amide bonds. The van der Waals surface area contributed by atoms with Gasteiger partial charge in [0.05, 0.1) is 0 Å². The monoisotopic (exact) mass is 275 g/mol. The molecule has 6 heteroatoms. The van der Waals surface area contributed by atoms with Crippen LogP contribution in [0.3, 0.4) is 0 Å². The van der Waals surface area contributed by atoms with Gasteiger partial charge >= 0.3 is 0 Å². The van der Waals surface area contributed by atoms with Gasteiger partial charge in [-0.25, -0.2) is 4.39 Å². The third kappa shape index (κ3) is 3.23. The molecule has 0 aliphatic carbocycles. The fourth-order valence-electron chi connectivity index (χ4n) is 1.59. The van der Waals surface area contributed by atoms with Gasteiger partial charge in [0.2, 0.25) is 0 Å². The summed E-state index contributed by atoms with van der Waals surface area (Å²) >= 11 is 0. The van der Waals surface area contributed by atoms with Crippen molar-refractivity contribution in [3.63, 3.8) is 0 Å². The lowest BCUT2D eigenvalue weighted by Crippen LogP contribution is -2.15. The third-order valence-electron chi connectivity index (χ3n) is 2.74. The number of pyridine rings is 1. The zero-order valence-corrected chi connectivity index (χ0v) is 10.9. The van der Waals surface area contributed by atoms with E-state index in [2.05, 4.69) is 10.1 Å². The number of hydrogen-bond donors (Lipinski definition) is 2. The first-order valence-electron chi connectivity index (χ1n) is 5.92. The van der Waals surface area contributed by atoms with Crippen LogP contribution in [0, 0.1) is 12.7 Å². The SMILES string of the molecule is Cc1ccc(OCc2ccnc(/C(N)=N/O)c2)cc1F. The summed E-state index contributed by atoms with van der Waals surface area (Å²) in [7, 11) is 0. The Morgan fingerprint density at radius 2 is 2.20 bits per heavy atom. The maximum atomic E-state index is 13.4. The van der Waals surface area contributed by atoms with Crippen molar-refractivity contribution in [2.75, 3.05) is 0 Å². The van der Waals surface area contributed by atoms with E-state index >= 15 is 0 Å². The number of amidine groups is 1. The van der Waals surface area contributed by atoms with Crippen molar-refractivity contribution in [3.05, 3.63) is 59.2 Å². The summed E-state index contributed by atoms with van der Waals surface area (Å²) in [5.74, 6) is 0.0538. The van der Waals surface area contributed by atoms with E-state index in [9.17, 15) is 4.39 Å². The van der Waals surface area contributed by atoms with Gasteiger partial charge in [0.15, 0.2) is 5.84 Å². The smallest absolute Gasteiger partial charge is 0.188 e. The minimum absolute atomic E-state index is 0.0757. The van der Waals surface area contributed by atoms with Crippen molar-refractivity contribution in [1.82, 2.24) is 4.98 Å². The number of nitrogens with two attached hydrogens (primary N) is 1. The number of rotatable bonds is 4. The molecule has 20 heavy (non-hydrogen) atoms. The van der Waals surface area contributed by atoms with E-state index in [-0.39, 0.29) is 18.3 Å². The van der Waals surface area contributed by atoms with E-state index in [1.807, 2.05) is 0 Å². The molecule has 0 atom stereocenters. The average molecular weight is 275 g/mol. The zero-order chi connectivity index (χ0) is 14.5. The highest BCUT2D eigenvalue weighted by Crippen LogP contribution is 2.17. The highest BCUT2D eigenvalue weighted by atomic mass is 19.1. The van der Waals surface area contributed by atoms with Crippen molar-refractivity contribution in [2.24, 2.45) is 10.9 Å². The Labute approximate surface area is 115 Å². The highest BCUT2D eigenvalue weighted by Gasteiger charge is 2.04. The Kier molecular flexibility index (Phi) is 4.14. The van der Waals surface area contributed by atoms with E-state index < -0.39 is 0 Å². The van der Waals surface area contributed by atoms with Crippen LogP contribution < -0.4 is 10.5 Å². The fourth-order valence-corrected chi connectivity index (χ4v) is 1.59. The topological polar surface area (TPSA) is 80.7 Å². The molecule has 2 aromatic rings. The maximum Gasteiger partial charge on any atom is 0.188 e. The molecule has 0 radical (unpaired) electrons. The molecule has 0 fully saturated rings. The molecule has 1 aromatic heterocycles. The lowest BCUT2D eigenvalue weighted by molar-refractivity contribution is 0.304. The number of nitrogens with zero attached hydrogens (tertiary/aromatic N) is 2. The Hall–Kier alpha value is -2.63. The number of halogens is 1. The first kappa shape index (κ1) is 13.8. The van der Waals surface area contributed by atoms with Gasteiger partial charge < -0.3 is 15.7 Å². The van der Waals surface area contributed by atoms with Crippen LogP contribution in [0.2, 0.25) is 0 Å². The Morgan fingerprint density at radius 1 is 1.40 bits per heavy atom. The zero-order valence-electron chi connectivity index (χ0n) is 10.9. The Bertz CT molecular complexity index is 644. The molecular formula is C14H14FN3O2. The van der Waals surface area contributed by atoms with E-state index in [0.717, 1.165) is 5.56 Å². The minimum Gasteiger partial charge on any atom is -0.489 e. The number of oxime groups is 1. The fraction of sp³-hybridized carbons (Fsp3) is 0.143. The lowest BCUT2D eigenvalue weighted by atomic mass is 10.2. The van der Waals surface area contributed by atoms with Crippen molar-refractivity contribution >= 4 is 5.84 Å². The summed E-state index contributed by atoms with van der Waals surface area (Å²) in [5, 5.41) is 11.5. The standard InChI is InChI=1S/C14H14FN3O2/c1-9-2-3-11(7-12(9)15)20-8-10-4-5-17-13(6-10)14(16)18-19/h2-7,19H,8H2,1H3,(H2,16,18). The van der Waals surface area contributed by atoms with Gasteiger partial charge in [-0.15, -0.1) is 0 Å². The van der Waals surface area contributed by atoms with Gasteiger partial charge in [-0.1, -0.05) is 11.2 Å². The summed E-state index contributed by atoms with van der Waals surface area (Å²) in [5.41, 5.74) is 7.15.